The van der Waals surface area contributed by atoms with E-state index in [1.54, 1.807) is 17.2 Å². The van der Waals surface area contributed by atoms with Crippen LogP contribution in [0, 0.1) is 0 Å². The van der Waals surface area contributed by atoms with Gasteiger partial charge in [0.05, 0.1) is 27.8 Å². The number of aliphatic imine (C=N–C) groups is 1. The number of thiophene rings is 1. The molecule has 0 atom stereocenters. The van der Waals surface area contributed by atoms with E-state index in [2.05, 4.69) is 10.5 Å². The fraction of sp³-hybridized carbons (Fsp3) is 0.250. The number of Topliss-reactive ketones (excluding diaryl/α,β-unsaturated/α-hetero) is 1. The number of ketones is 1. The molecular weight excluding hydrogens is 472 g/mol. The molecule has 2 N–H and O–H groups in total. The number of carbonyl (C=O) groups is 2. The van der Waals surface area contributed by atoms with Crippen molar-refractivity contribution < 1.29 is 19.4 Å². The number of aliphatic hydroxyl groups excluding tert-OH is 1. The molecule has 0 radical (unpaired) electrons. The molecule has 0 fully saturated rings. The van der Waals surface area contributed by atoms with Crippen LogP contribution in [0.3, 0.4) is 0 Å². The van der Waals surface area contributed by atoms with E-state index in [4.69, 9.17) is 9.73 Å². The minimum absolute atomic E-state index is 0.0318. The second-order valence-corrected chi connectivity index (χ2v) is 9.66. The molecule has 0 saturated carbocycles. The molecule has 1 aliphatic carbocycles. The molecular formula is C24H22N4O4S2. The van der Waals surface area contributed by atoms with Gasteiger partial charge in [-0.05, 0) is 44.4 Å². The highest BCUT2D eigenvalue weighted by Gasteiger charge is 2.34. The van der Waals surface area contributed by atoms with E-state index in [1.165, 1.54) is 23.1 Å². The molecule has 0 bridgehead atoms. The van der Waals surface area contributed by atoms with E-state index in [9.17, 15) is 14.7 Å². The van der Waals surface area contributed by atoms with Gasteiger partial charge in [-0.2, -0.15) is 5.10 Å². The van der Waals surface area contributed by atoms with Crippen molar-refractivity contribution in [1.29, 1.82) is 0 Å². The zero-order valence-electron chi connectivity index (χ0n) is 18.6. The molecule has 10 heteroatoms. The second-order valence-electron chi connectivity index (χ2n) is 7.80. The van der Waals surface area contributed by atoms with Crippen LogP contribution in [0.1, 0.15) is 52.3 Å². The van der Waals surface area contributed by atoms with Gasteiger partial charge in [0.2, 0.25) is 5.88 Å². The number of thioether (sulfide) groups is 1. The first kappa shape index (κ1) is 22.4. The SMILES string of the molecule is CCOC(=O)c1c(/N=C2\NN=C(C)\C2=C2/SC=C(O)N2c2ccccc2)sc2c1CCCC2=O. The summed E-state index contributed by atoms with van der Waals surface area (Å²) in [6.45, 7) is 3.84. The van der Waals surface area contributed by atoms with Gasteiger partial charge >= 0.3 is 5.97 Å². The molecule has 2 aromatic rings. The number of rotatable bonds is 4. The van der Waals surface area contributed by atoms with Gasteiger partial charge in [-0.15, -0.1) is 11.3 Å². The lowest BCUT2D eigenvalue weighted by atomic mass is 9.94. The number of aliphatic hydroxyl groups is 1. The number of carbonyl (C=O) groups excluding carboxylic acids is 2. The van der Waals surface area contributed by atoms with Crippen molar-refractivity contribution in [2.75, 3.05) is 11.5 Å². The summed E-state index contributed by atoms with van der Waals surface area (Å²) in [5.74, 6) is 0.103. The summed E-state index contributed by atoms with van der Waals surface area (Å²) in [6.07, 6.45) is 1.81. The van der Waals surface area contributed by atoms with Crippen molar-refractivity contribution in [2.45, 2.75) is 33.1 Å². The fourth-order valence-electron chi connectivity index (χ4n) is 4.12. The van der Waals surface area contributed by atoms with Gasteiger partial charge in [0.15, 0.2) is 11.6 Å². The Kier molecular flexibility index (Phi) is 6.01. The molecule has 0 unspecified atom stereocenters. The molecule has 8 nitrogen and oxygen atoms in total. The Morgan fingerprint density at radius 3 is 2.85 bits per heavy atom. The summed E-state index contributed by atoms with van der Waals surface area (Å²) >= 11 is 2.59. The number of hydrazone groups is 1. The number of nitrogens with zero attached hydrogens (tertiary/aromatic N) is 3. The van der Waals surface area contributed by atoms with E-state index >= 15 is 0 Å². The Morgan fingerprint density at radius 1 is 1.29 bits per heavy atom. The monoisotopic (exact) mass is 494 g/mol. The van der Waals surface area contributed by atoms with Crippen molar-refractivity contribution >= 4 is 57.1 Å². The molecule has 1 aromatic heterocycles. The van der Waals surface area contributed by atoms with Crippen LogP contribution in [0.15, 0.2) is 62.3 Å². The maximum Gasteiger partial charge on any atom is 0.341 e. The number of hydrogen-bond donors (Lipinski definition) is 2. The number of esters is 1. The number of amidine groups is 1. The summed E-state index contributed by atoms with van der Waals surface area (Å²) in [6, 6.07) is 9.51. The summed E-state index contributed by atoms with van der Waals surface area (Å²) in [7, 11) is 0. The molecule has 3 heterocycles. The maximum absolute atomic E-state index is 12.9. The number of nitrogens with one attached hydrogen (secondary N) is 1. The van der Waals surface area contributed by atoms with Gasteiger partial charge in [-0.3, -0.25) is 15.1 Å². The topological polar surface area (TPSA) is 104 Å². The largest absolute Gasteiger partial charge is 0.494 e. The smallest absolute Gasteiger partial charge is 0.341 e. The third-order valence-electron chi connectivity index (χ3n) is 5.63. The number of para-hydroxylation sites is 1. The molecule has 0 spiro atoms. The predicted octanol–water partition coefficient (Wildman–Crippen LogP) is 5.27. The standard InChI is InChI=1S/C24H22N4O4S2/c1-3-32-24(31)19-15-10-7-11-16(29)20(15)34-22(19)25-21-18(13(2)26-27-21)23-28(17(30)12-33-23)14-8-5-4-6-9-14/h4-6,8-9,12,30H,3,7,10-11H2,1-2H3,(H,25,27)/b23-18+. The lowest BCUT2D eigenvalue weighted by Crippen LogP contribution is -2.23. The first-order chi connectivity index (χ1) is 16.5. The van der Waals surface area contributed by atoms with Crippen LogP contribution in [0.2, 0.25) is 0 Å². The first-order valence-electron chi connectivity index (χ1n) is 10.9. The Labute approximate surface area is 204 Å². The van der Waals surface area contributed by atoms with E-state index in [0.717, 1.165) is 16.3 Å². The van der Waals surface area contributed by atoms with Crippen molar-refractivity contribution in [3.05, 3.63) is 68.2 Å². The molecule has 1 aromatic carbocycles. The van der Waals surface area contributed by atoms with Crippen molar-refractivity contribution in [3.63, 3.8) is 0 Å². The fourth-order valence-corrected chi connectivity index (χ4v) is 6.29. The molecule has 0 amide bonds. The summed E-state index contributed by atoms with van der Waals surface area (Å²) in [5, 5.41) is 17.8. The van der Waals surface area contributed by atoms with Gasteiger partial charge in [0, 0.05) is 17.5 Å². The number of hydrogen-bond acceptors (Lipinski definition) is 9. The zero-order chi connectivity index (χ0) is 23.8. The van der Waals surface area contributed by atoms with Crippen LogP contribution in [0.4, 0.5) is 10.7 Å². The lowest BCUT2D eigenvalue weighted by molar-refractivity contribution is 0.0526. The van der Waals surface area contributed by atoms with Crippen LogP contribution in [0.5, 0.6) is 0 Å². The number of benzene rings is 1. The lowest BCUT2D eigenvalue weighted by Gasteiger charge is -2.21. The Balaban J connectivity index is 1.64. The number of fused-ring (bicyclic) bond motifs is 1. The van der Waals surface area contributed by atoms with Gasteiger partial charge in [-0.25, -0.2) is 9.79 Å². The van der Waals surface area contributed by atoms with Gasteiger partial charge in [0.25, 0.3) is 0 Å². The summed E-state index contributed by atoms with van der Waals surface area (Å²) in [4.78, 5) is 32.5. The molecule has 34 heavy (non-hydrogen) atoms. The maximum atomic E-state index is 12.9. The van der Waals surface area contributed by atoms with Gasteiger partial charge in [0.1, 0.15) is 10.6 Å². The van der Waals surface area contributed by atoms with Gasteiger partial charge < -0.3 is 9.84 Å². The van der Waals surface area contributed by atoms with Gasteiger partial charge in [-0.1, -0.05) is 30.0 Å². The summed E-state index contributed by atoms with van der Waals surface area (Å²) in [5.41, 5.74) is 6.25. The van der Waals surface area contributed by atoms with Crippen LogP contribution in [-0.2, 0) is 11.2 Å². The summed E-state index contributed by atoms with van der Waals surface area (Å²) < 4.78 is 5.30. The van der Waals surface area contributed by atoms with E-state index in [0.29, 0.717) is 51.8 Å². The molecule has 0 saturated heterocycles. The Morgan fingerprint density at radius 2 is 2.09 bits per heavy atom. The zero-order valence-corrected chi connectivity index (χ0v) is 20.3. The van der Waals surface area contributed by atoms with Crippen LogP contribution in [-0.4, -0.2) is 35.0 Å². The highest BCUT2D eigenvalue weighted by molar-refractivity contribution is 8.06. The van der Waals surface area contributed by atoms with E-state index in [-0.39, 0.29) is 18.3 Å². The van der Waals surface area contributed by atoms with Crippen LogP contribution in [0.25, 0.3) is 0 Å². The second kappa shape index (κ2) is 9.11. The molecule has 2 aliphatic heterocycles. The number of ether oxygens (including phenoxy) is 1. The number of anilines is 1. The third kappa shape index (κ3) is 3.82. The minimum Gasteiger partial charge on any atom is -0.494 e. The molecule has 3 aliphatic rings. The Hall–Kier alpha value is -3.37. The minimum atomic E-state index is -0.473. The molecule has 174 valence electrons. The quantitative estimate of drug-likeness (QED) is 0.558. The highest BCUT2D eigenvalue weighted by atomic mass is 32.2. The van der Waals surface area contributed by atoms with E-state index < -0.39 is 5.97 Å². The van der Waals surface area contributed by atoms with Crippen molar-refractivity contribution in [1.82, 2.24) is 5.43 Å². The predicted molar refractivity (Wildman–Crippen MR) is 135 cm³/mol. The van der Waals surface area contributed by atoms with Crippen molar-refractivity contribution in [2.24, 2.45) is 10.1 Å². The van der Waals surface area contributed by atoms with Crippen molar-refractivity contribution in [3.8, 4) is 0 Å². The third-order valence-corrected chi connectivity index (χ3v) is 7.74. The average molecular weight is 495 g/mol. The highest BCUT2D eigenvalue weighted by Crippen LogP contribution is 2.43. The Bertz CT molecular complexity index is 1310. The average Bonchev–Trinajstić information content (AvgIpc) is 3.50. The normalized spacial score (nSPS) is 20.8. The van der Waals surface area contributed by atoms with E-state index in [1.807, 2.05) is 37.3 Å². The molecule has 5 rings (SSSR count). The first-order valence-corrected chi connectivity index (χ1v) is 12.6. The van der Waals surface area contributed by atoms with Crippen LogP contribution >= 0.6 is 23.1 Å². The van der Waals surface area contributed by atoms with Crippen LogP contribution < -0.4 is 10.3 Å².